The summed E-state index contributed by atoms with van der Waals surface area (Å²) in [4.78, 5) is 14.5. The van der Waals surface area contributed by atoms with E-state index < -0.39 is 51.1 Å². The molecule has 0 saturated carbocycles. The van der Waals surface area contributed by atoms with Crippen LogP contribution in [0.25, 0.3) is 5.52 Å². The maximum absolute atomic E-state index is 13.1. The van der Waals surface area contributed by atoms with Crippen LogP contribution < -0.4 is 5.73 Å². The van der Waals surface area contributed by atoms with Crippen LogP contribution in [0.3, 0.4) is 0 Å². The van der Waals surface area contributed by atoms with Crippen molar-refractivity contribution in [2.45, 2.75) is 146 Å². The van der Waals surface area contributed by atoms with Crippen molar-refractivity contribution < 1.29 is 42.9 Å². The van der Waals surface area contributed by atoms with Gasteiger partial charge < -0.3 is 35.1 Å². The minimum absolute atomic E-state index is 0.0756. The molecule has 0 spiro atoms. The second-order valence-electron chi connectivity index (χ2n) is 14.8. The number of hydrogen-bond acceptors (Lipinski definition) is 13. The summed E-state index contributed by atoms with van der Waals surface area (Å²) in [6.45, 7) is 1.65. The third kappa shape index (κ3) is 14.7. The predicted octanol–water partition coefficient (Wildman–Crippen LogP) is 7.24. The topological polar surface area (TPSA) is 228 Å². The van der Waals surface area contributed by atoms with E-state index in [9.17, 15) is 24.9 Å². The second-order valence-corrected chi connectivity index (χ2v) is 16.3. The Morgan fingerprint density at radius 3 is 2.11 bits per heavy atom. The fraction of sp³-hybridized carbons (Fsp3) is 0.659. The number of aromatic nitrogens is 3. The zero-order valence-corrected chi connectivity index (χ0v) is 34.1. The maximum Gasteiger partial charge on any atom is 0.472 e. The molecule has 4 rings (SSSR count). The van der Waals surface area contributed by atoms with Gasteiger partial charge in [-0.1, -0.05) is 115 Å². The lowest BCUT2D eigenvalue weighted by Gasteiger charge is -2.26. The summed E-state index contributed by atoms with van der Waals surface area (Å²) >= 11 is 0. The van der Waals surface area contributed by atoms with Gasteiger partial charge in [-0.15, -0.1) is 0 Å². The highest BCUT2D eigenvalue weighted by molar-refractivity contribution is 7.47. The largest absolute Gasteiger partial charge is 0.472 e. The average Bonchev–Trinajstić information content (AvgIpc) is 3.76. The maximum atomic E-state index is 13.1. The van der Waals surface area contributed by atoms with Crippen LogP contribution in [-0.4, -0.2) is 80.0 Å². The molecule has 0 radical (unpaired) electrons. The molecule has 1 unspecified atom stereocenters. The molecule has 0 aliphatic carbocycles. The number of aliphatic hydroxyl groups excluding tert-OH is 2. The molecule has 6 atom stereocenters. The van der Waals surface area contributed by atoms with E-state index >= 15 is 0 Å². The molecule has 1 aliphatic rings. The fourth-order valence-electron chi connectivity index (χ4n) is 6.87. The molecule has 3 aromatic rings. The molecule has 1 saturated heterocycles. The third-order valence-electron chi connectivity index (χ3n) is 10.3. The van der Waals surface area contributed by atoms with E-state index in [0.717, 1.165) is 24.8 Å². The van der Waals surface area contributed by atoms with Crippen molar-refractivity contribution in [2.75, 3.05) is 32.2 Å². The van der Waals surface area contributed by atoms with Crippen molar-refractivity contribution in [2.24, 2.45) is 0 Å². The Morgan fingerprint density at radius 2 is 1.51 bits per heavy atom. The van der Waals surface area contributed by atoms with Crippen LogP contribution in [-0.2, 0) is 34.4 Å². The van der Waals surface area contributed by atoms with E-state index in [1.54, 1.807) is 42.5 Å². The minimum atomic E-state index is -4.85. The number of aliphatic hydroxyl groups is 2. The average molecular weight is 813 g/mol. The molecule has 2 aromatic heterocycles. The van der Waals surface area contributed by atoms with Gasteiger partial charge in [-0.3, -0.25) is 9.05 Å². The predicted molar refractivity (Wildman–Crippen MR) is 213 cm³/mol. The molecule has 1 aliphatic heterocycles. The number of hydrogen-bond donors (Lipinski definition) is 4. The molecule has 0 bridgehead atoms. The van der Waals surface area contributed by atoms with Crippen LogP contribution in [0.15, 0.2) is 42.7 Å². The van der Waals surface area contributed by atoms with Crippen LogP contribution in [0, 0.1) is 22.7 Å². The number of nitrogens with zero attached hydrogens (tertiary/aromatic N) is 5. The van der Waals surface area contributed by atoms with E-state index in [1.165, 1.54) is 94.3 Å². The van der Waals surface area contributed by atoms with Crippen LogP contribution >= 0.6 is 7.82 Å². The molecule has 3 heterocycles. The Kier molecular flexibility index (Phi) is 19.8. The molecular formula is C41H61N6O9P. The zero-order chi connectivity index (χ0) is 40.9. The lowest BCUT2D eigenvalue weighted by molar-refractivity contribution is -0.0790. The second kappa shape index (κ2) is 24.5. The van der Waals surface area contributed by atoms with Crippen molar-refractivity contribution >= 4 is 19.2 Å². The smallest absolute Gasteiger partial charge is 0.387 e. The van der Waals surface area contributed by atoms with Crippen molar-refractivity contribution in [1.29, 1.82) is 10.5 Å². The molecule has 16 heteroatoms. The molecule has 57 heavy (non-hydrogen) atoms. The number of unbranched alkanes of at least 4 members (excludes halogenated alkanes) is 15. The summed E-state index contributed by atoms with van der Waals surface area (Å²) in [6, 6.07) is 13.9. The van der Waals surface area contributed by atoms with E-state index in [4.69, 9.17) is 34.3 Å². The number of anilines is 1. The van der Waals surface area contributed by atoms with Gasteiger partial charge in [0.05, 0.1) is 37.1 Å². The Balaban J connectivity index is 1.19. The molecular weight excluding hydrogens is 751 g/mol. The standard InChI is InChI=1S/C41H61N6O9P/c1-2-3-4-5-6-7-8-9-10-11-12-13-14-15-16-17-24-52-27-34(53-26-33-20-18-32(25-42)19-21-33)28-54-57(50,51)55-30-41(29-43)39(49)37(48)38(56-41)35-22-23-36-40(44)45-31-46-47(35)36/h18-23,31,34,37-39,48-49H,2-17,24,26-28,30H2,1H3,(H,50,51)(H2,44,45,46)/t34-,37+,38+,39+,41-/m1/s1. The summed E-state index contributed by atoms with van der Waals surface area (Å²) < 4.78 is 42.6. The van der Waals surface area contributed by atoms with E-state index in [0.29, 0.717) is 17.7 Å². The van der Waals surface area contributed by atoms with Gasteiger partial charge in [0, 0.05) is 6.61 Å². The van der Waals surface area contributed by atoms with Gasteiger partial charge >= 0.3 is 7.82 Å². The molecule has 1 fully saturated rings. The first-order valence-corrected chi connectivity index (χ1v) is 22.0. The highest BCUT2D eigenvalue weighted by Gasteiger charge is 2.57. The monoisotopic (exact) mass is 812 g/mol. The number of rotatable bonds is 29. The quantitative estimate of drug-likeness (QED) is 0.0400. The van der Waals surface area contributed by atoms with Crippen LogP contribution in [0.4, 0.5) is 5.82 Å². The first-order chi connectivity index (χ1) is 27.6. The highest BCUT2D eigenvalue weighted by Crippen LogP contribution is 2.47. The summed E-state index contributed by atoms with van der Waals surface area (Å²) in [5.41, 5.74) is 5.66. The third-order valence-corrected chi connectivity index (χ3v) is 11.3. The number of benzene rings is 1. The molecule has 0 amide bonds. The Bertz CT molecular complexity index is 1750. The molecule has 314 valence electrons. The van der Waals surface area contributed by atoms with Gasteiger partial charge in [0.25, 0.3) is 0 Å². The molecule has 1 aromatic carbocycles. The van der Waals surface area contributed by atoms with Crippen molar-refractivity contribution in [3.8, 4) is 12.1 Å². The van der Waals surface area contributed by atoms with Gasteiger partial charge in [0.1, 0.15) is 48.9 Å². The number of nitriles is 2. The lowest BCUT2D eigenvalue weighted by Crippen LogP contribution is -2.45. The highest BCUT2D eigenvalue weighted by atomic mass is 31.2. The molecule has 5 N–H and O–H groups in total. The van der Waals surface area contributed by atoms with Crippen molar-refractivity contribution in [3.05, 3.63) is 59.5 Å². The van der Waals surface area contributed by atoms with E-state index in [-0.39, 0.29) is 24.7 Å². The van der Waals surface area contributed by atoms with E-state index in [2.05, 4.69) is 23.1 Å². The fourth-order valence-corrected chi connectivity index (χ4v) is 7.65. The number of ether oxygens (including phenoxy) is 3. The van der Waals surface area contributed by atoms with Gasteiger partial charge in [-0.05, 0) is 36.2 Å². The lowest BCUT2D eigenvalue weighted by atomic mass is 9.96. The summed E-state index contributed by atoms with van der Waals surface area (Å²) in [5.74, 6) is 0.169. The van der Waals surface area contributed by atoms with Crippen LogP contribution in [0.1, 0.15) is 133 Å². The van der Waals surface area contributed by atoms with Gasteiger partial charge in [-0.2, -0.15) is 15.6 Å². The van der Waals surface area contributed by atoms with Crippen LogP contribution in [0.5, 0.6) is 0 Å². The first kappa shape index (κ1) is 46.2. The first-order valence-electron chi connectivity index (χ1n) is 20.5. The zero-order valence-electron chi connectivity index (χ0n) is 33.3. The number of nitrogen functional groups attached to an aromatic ring is 1. The van der Waals surface area contributed by atoms with Crippen molar-refractivity contribution in [1.82, 2.24) is 14.6 Å². The minimum Gasteiger partial charge on any atom is -0.387 e. The van der Waals surface area contributed by atoms with Crippen LogP contribution in [0.2, 0.25) is 0 Å². The summed E-state index contributed by atoms with van der Waals surface area (Å²) in [5, 5.41) is 45.0. The number of nitrogens with two attached hydrogens (primary N) is 1. The number of phosphoric acid groups is 1. The Morgan fingerprint density at radius 1 is 0.895 bits per heavy atom. The van der Waals surface area contributed by atoms with E-state index in [1.807, 2.05) is 0 Å². The summed E-state index contributed by atoms with van der Waals surface area (Å²) in [6.07, 6.45) is 16.1. The SMILES string of the molecule is CCCCCCCCCCCCCCCCCCOC[C@H](COP(=O)(O)OC[C@@]1(C#N)O[C@@H](c2ccc3c(N)ncnn23)[C@H](O)[C@@H]1O)OCc1ccc(C#N)cc1. The van der Waals surface area contributed by atoms with Gasteiger partial charge in [0.2, 0.25) is 5.60 Å². The number of fused-ring (bicyclic) bond motifs is 1. The normalized spacial score (nSPS) is 21.0. The Hall–Kier alpha value is -3.47. The molecule has 15 nitrogen and oxygen atoms in total. The van der Waals surface area contributed by atoms with Gasteiger partial charge in [-0.25, -0.2) is 14.1 Å². The number of phosphoric ester groups is 1. The summed E-state index contributed by atoms with van der Waals surface area (Å²) in [7, 11) is -4.85. The van der Waals surface area contributed by atoms with Gasteiger partial charge in [0.15, 0.2) is 5.82 Å². The Labute approximate surface area is 336 Å². The van der Waals surface area contributed by atoms with Crippen molar-refractivity contribution in [3.63, 3.8) is 0 Å².